The maximum Gasteiger partial charge on any atom is 0.276 e. The van der Waals surface area contributed by atoms with Gasteiger partial charge in [-0.15, -0.1) is 6.58 Å². The fourth-order valence-electron chi connectivity index (χ4n) is 6.29. The van der Waals surface area contributed by atoms with Crippen molar-refractivity contribution in [2.24, 2.45) is 5.92 Å². The number of benzene rings is 1. The first-order chi connectivity index (χ1) is 20.8. The lowest BCUT2D eigenvalue weighted by atomic mass is 9.75. The van der Waals surface area contributed by atoms with Crippen molar-refractivity contribution in [2.45, 2.75) is 75.8 Å². The number of allylic oxidation sites excluding steroid dienone is 1. The Bertz CT molecular complexity index is 1540. The summed E-state index contributed by atoms with van der Waals surface area (Å²) in [6.45, 7) is 8.12. The highest BCUT2D eigenvalue weighted by atomic mass is 19.3. The molecule has 43 heavy (non-hydrogen) atoms. The number of aryl methyl sites for hydroxylation is 1. The molecule has 5 rings (SSSR count). The van der Waals surface area contributed by atoms with Crippen LogP contribution in [0.2, 0.25) is 0 Å². The van der Waals surface area contributed by atoms with Gasteiger partial charge >= 0.3 is 0 Å². The van der Waals surface area contributed by atoms with Crippen LogP contribution in [-0.4, -0.2) is 40.8 Å². The maximum absolute atomic E-state index is 15.5. The normalized spacial score (nSPS) is 18.2. The molecule has 2 aliphatic rings. The minimum Gasteiger partial charge on any atom is -0.381 e. The van der Waals surface area contributed by atoms with Crippen LogP contribution in [0.4, 0.5) is 14.6 Å². The number of pyridine rings is 1. The van der Waals surface area contributed by atoms with Crippen molar-refractivity contribution in [1.29, 1.82) is 5.26 Å². The minimum atomic E-state index is -2.93. The van der Waals surface area contributed by atoms with Crippen molar-refractivity contribution >= 4 is 16.9 Å². The summed E-state index contributed by atoms with van der Waals surface area (Å²) in [7, 11) is 0. The standard InChI is InChI=1S/C33H40F2N6O2/c1-3-4-5-6-16-41-30-27(20-28(31(41)42)32(21-36)12-17-43-18-13-32)29(38-22-39-30)40-23(2)24-8-7-9-26(19-24)33(34,35)25-10-14-37-15-11-25/h3,7-9,19-20,22-23,25,37H,1,4-6,10-18H2,2H3,(H,38,39,40)/t23-/m1/s1. The molecule has 0 unspecified atom stereocenters. The van der Waals surface area contributed by atoms with Crippen LogP contribution in [0.3, 0.4) is 0 Å². The molecule has 0 radical (unpaired) electrons. The number of ether oxygens (including phenoxy) is 1. The number of nitrogens with zero attached hydrogens (tertiary/aromatic N) is 4. The zero-order chi connectivity index (χ0) is 30.5. The predicted molar refractivity (Wildman–Crippen MR) is 163 cm³/mol. The molecule has 2 saturated heterocycles. The molecule has 2 aliphatic heterocycles. The second-order valence-electron chi connectivity index (χ2n) is 11.7. The van der Waals surface area contributed by atoms with Crippen LogP contribution < -0.4 is 16.2 Å². The number of hydrogen-bond acceptors (Lipinski definition) is 7. The van der Waals surface area contributed by atoms with Gasteiger partial charge in [-0.1, -0.05) is 24.3 Å². The molecule has 1 aromatic carbocycles. The zero-order valence-electron chi connectivity index (χ0n) is 24.7. The lowest BCUT2D eigenvalue weighted by molar-refractivity contribution is -0.0754. The van der Waals surface area contributed by atoms with Crippen LogP contribution in [-0.2, 0) is 22.6 Å². The summed E-state index contributed by atoms with van der Waals surface area (Å²) < 4.78 is 38.2. The van der Waals surface area contributed by atoms with Crippen molar-refractivity contribution < 1.29 is 13.5 Å². The Kier molecular flexibility index (Phi) is 9.52. The number of nitriles is 1. The fourth-order valence-corrected chi connectivity index (χ4v) is 6.29. The van der Waals surface area contributed by atoms with Gasteiger partial charge in [0.25, 0.3) is 11.5 Å². The number of hydrogen-bond donors (Lipinski definition) is 2. The lowest BCUT2D eigenvalue weighted by Gasteiger charge is -2.31. The molecule has 1 atom stereocenters. The molecule has 2 N–H and O–H groups in total. The molecule has 228 valence electrons. The lowest BCUT2D eigenvalue weighted by Crippen LogP contribution is -2.39. The van der Waals surface area contributed by atoms with Crippen molar-refractivity contribution in [3.63, 3.8) is 0 Å². The van der Waals surface area contributed by atoms with E-state index >= 15 is 8.78 Å². The summed E-state index contributed by atoms with van der Waals surface area (Å²) in [5.74, 6) is -3.14. The van der Waals surface area contributed by atoms with Crippen molar-refractivity contribution in [3.05, 3.63) is 76.4 Å². The van der Waals surface area contributed by atoms with Crippen molar-refractivity contribution in [2.75, 3.05) is 31.6 Å². The number of aromatic nitrogens is 3. The summed E-state index contributed by atoms with van der Waals surface area (Å²) >= 11 is 0. The second-order valence-corrected chi connectivity index (χ2v) is 11.7. The van der Waals surface area contributed by atoms with Gasteiger partial charge in [0.1, 0.15) is 17.8 Å². The van der Waals surface area contributed by atoms with Gasteiger partial charge in [0.2, 0.25) is 0 Å². The van der Waals surface area contributed by atoms with Gasteiger partial charge in [-0.2, -0.15) is 5.26 Å². The maximum atomic E-state index is 15.5. The number of halogens is 2. The summed E-state index contributed by atoms with van der Waals surface area (Å²) in [4.78, 5) is 22.9. The van der Waals surface area contributed by atoms with Crippen LogP contribution in [0, 0.1) is 17.2 Å². The summed E-state index contributed by atoms with van der Waals surface area (Å²) in [6, 6.07) is 10.4. The van der Waals surface area contributed by atoms with Gasteiger partial charge in [0.15, 0.2) is 0 Å². The second kappa shape index (κ2) is 13.3. The third-order valence-electron chi connectivity index (χ3n) is 8.98. The van der Waals surface area contributed by atoms with Crippen LogP contribution in [0.25, 0.3) is 11.0 Å². The van der Waals surface area contributed by atoms with E-state index in [-0.39, 0.29) is 17.2 Å². The summed E-state index contributed by atoms with van der Waals surface area (Å²) in [5.41, 5.74) is 0.421. The quantitative estimate of drug-likeness (QED) is 0.209. The highest BCUT2D eigenvalue weighted by Gasteiger charge is 2.42. The zero-order valence-corrected chi connectivity index (χ0v) is 24.7. The first kappa shape index (κ1) is 30.8. The van der Waals surface area contributed by atoms with E-state index in [1.807, 2.05) is 19.1 Å². The van der Waals surface area contributed by atoms with Crippen LogP contribution in [0.15, 0.2) is 54.1 Å². The van der Waals surface area contributed by atoms with Gasteiger partial charge in [0.05, 0.1) is 16.9 Å². The van der Waals surface area contributed by atoms with Crippen molar-refractivity contribution in [1.82, 2.24) is 19.9 Å². The number of unbranched alkanes of at least 4 members (excludes halogenated alkanes) is 2. The molecule has 2 fully saturated rings. The van der Waals surface area contributed by atoms with E-state index in [1.165, 1.54) is 12.4 Å². The summed E-state index contributed by atoms with van der Waals surface area (Å²) in [6.07, 6.45) is 7.43. The van der Waals surface area contributed by atoms with Gasteiger partial charge in [-0.25, -0.2) is 18.7 Å². The van der Waals surface area contributed by atoms with E-state index < -0.39 is 17.3 Å². The molecule has 4 heterocycles. The van der Waals surface area contributed by atoms with Gasteiger partial charge in [-0.05, 0) is 82.7 Å². The number of alkyl halides is 2. The number of nitrogens with one attached hydrogen (secondary N) is 2. The van der Waals surface area contributed by atoms with Gasteiger partial charge in [-0.3, -0.25) is 9.36 Å². The number of fused-ring (bicyclic) bond motifs is 1. The highest BCUT2D eigenvalue weighted by Crippen LogP contribution is 2.41. The van der Waals surface area contributed by atoms with E-state index in [0.29, 0.717) is 86.5 Å². The Morgan fingerprint density at radius 3 is 2.74 bits per heavy atom. The van der Waals surface area contributed by atoms with E-state index in [1.54, 1.807) is 22.8 Å². The Hall–Kier alpha value is -3.68. The third-order valence-corrected chi connectivity index (χ3v) is 8.98. The molecule has 10 heteroatoms. The fraction of sp³-hybridized carbons (Fsp3) is 0.515. The van der Waals surface area contributed by atoms with Crippen molar-refractivity contribution in [3.8, 4) is 6.07 Å². The average molecular weight is 591 g/mol. The molecular weight excluding hydrogens is 550 g/mol. The minimum absolute atomic E-state index is 0.0178. The SMILES string of the molecule is C=CCCCCn1c(=O)c(C2(C#N)CCOCC2)cc2c(N[C@H](C)c3cccc(C(F)(F)C4CCNCC4)c3)ncnc21. The Labute approximate surface area is 251 Å². The van der Waals surface area contributed by atoms with Crippen LogP contribution in [0.5, 0.6) is 0 Å². The molecule has 0 spiro atoms. The number of rotatable bonds is 11. The Morgan fingerprint density at radius 2 is 2.02 bits per heavy atom. The Morgan fingerprint density at radius 1 is 1.26 bits per heavy atom. The smallest absolute Gasteiger partial charge is 0.276 e. The molecule has 8 nitrogen and oxygen atoms in total. The highest BCUT2D eigenvalue weighted by molar-refractivity contribution is 5.87. The third kappa shape index (κ3) is 6.34. The molecule has 3 aromatic rings. The number of anilines is 1. The van der Waals surface area contributed by atoms with Gasteiger partial charge < -0.3 is 15.4 Å². The molecule has 0 bridgehead atoms. The van der Waals surface area contributed by atoms with Crippen LogP contribution in [0.1, 0.15) is 74.6 Å². The first-order valence-corrected chi connectivity index (χ1v) is 15.2. The monoisotopic (exact) mass is 590 g/mol. The largest absolute Gasteiger partial charge is 0.381 e. The topological polar surface area (TPSA) is 105 Å². The Balaban J connectivity index is 1.52. The predicted octanol–water partition coefficient (Wildman–Crippen LogP) is 5.98. The molecule has 2 aromatic heterocycles. The van der Waals surface area contributed by atoms with E-state index in [9.17, 15) is 10.1 Å². The van der Waals surface area contributed by atoms with E-state index in [4.69, 9.17) is 4.74 Å². The molecular formula is C33H40F2N6O2. The molecule has 0 amide bonds. The molecule has 0 saturated carbocycles. The van der Waals surface area contributed by atoms with Crippen LogP contribution >= 0.6 is 0 Å². The summed E-state index contributed by atoms with van der Waals surface area (Å²) in [5, 5.41) is 17.5. The van der Waals surface area contributed by atoms with Gasteiger partial charge in [0, 0.05) is 42.8 Å². The van der Waals surface area contributed by atoms with E-state index in [2.05, 4.69) is 33.2 Å². The van der Waals surface area contributed by atoms with E-state index in [0.717, 1.165) is 19.3 Å². The molecule has 0 aliphatic carbocycles. The first-order valence-electron chi connectivity index (χ1n) is 15.2. The average Bonchev–Trinajstić information content (AvgIpc) is 3.04. The number of piperidine rings is 1.